The van der Waals surface area contributed by atoms with Gasteiger partial charge in [0.25, 0.3) is 0 Å². The van der Waals surface area contributed by atoms with Crippen LogP contribution in [0.3, 0.4) is 0 Å². The normalized spacial score (nSPS) is 16.3. The summed E-state index contributed by atoms with van der Waals surface area (Å²) in [5.74, 6) is 0.521. The van der Waals surface area contributed by atoms with E-state index in [9.17, 15) is 8.78 Å². The molecule has 0 spiro atoms. The zero-order chi connectivity index (χ0) is 17.4. The average molecular weight is 426 g/mol. The predicted octanol–water partition coefficient (Wildman–Crippen LogP) is 4.15. The van der Waals surface area contributed by atoms with Crippen molar-refractivity contribution in [3.8, 4) is 5.75 Å². The molecule has 1 atom stereocenters. The molecular weight excluding hydrogens is 416 g/mol. The number of ether oxygens (including phenoxy) is 1. The Morgan fingerprint density at radius 1 is 1.24 bits per heavy atom. The summed E-state index contributed by atoms with van der Waals surface area (Å²) < 4.78 is 32.7. The smallest absolute Gasteiger partial charge is 0.387 e. The standard InChI is InChI=1S/C15H10BrF2N5OS/c16-13-6-5-12(25-13)9-7-10(23-15(19-9)20-21-22-23)8-3-1-2-4-11(8)24-14(17)18/h1-7,10,14H,(H,19,20,22). The molecule has 0 bridgehead atoms. The molecule has 0 saturated heterocycles. The molecular formula is C15H10BrF2N5OS. The summed E-state index contributed by atoms with van der Waals surface area (Å²) in [6, 6.07) is 10.0. The van der Waals surface area contributed by atoms with Crippen LogP contribution in [0.5, 0.6) is 5.75 Å². The molecule has 0 fully saturated rings. The van der Waals surface area contributed by atoms with Crippen LogP contribution in [-0.2, 0) is 0 Å². The lowest BCUT2D eigenvalue weighted by Gasteiger charge is -2.24. The van der Waals surface area contributed by atoms with E-state index in [0.717, 1.165) is 14.4 Å². The molecule has 1 aliphatic rings. The Bertz CT molecular complexity index is 941. The van der Waals surface area contributed by atoms with E-state index in [1.165, 1.54) is 10.7 Å². The molecule has 1 aromatic carbocycles. The summed E-state index contributed by atoms with van der Waals surface area (Å²) in [7, 11) is 0. The van der Waals surface area contributed by atoms with Crippen molar-refractivity contribution in [1.29, 1.82) is 0 Å². The number of fused-ring (bicyclic) bond motifs is 1. The fraction of sp³-hybridized carbons (Fsp3) is 0.133. The highest BCUT2D eigenvalue weighted by atomic mass is 79.9. The van der Waals surface area contributed by atoms with Crippen LogP contribution in [0.4, 0.5) is 14.7 Å². The molecule has 0 radical (unpaired) electrons. The lowest BCUT2D eigenvalue weighted by atomic mass is 10.0. The van der Waals surface area contributed by atoms with E-state index in [4.69, 9.17) is 0 Å². The highest BCUT2D eigenvalue weighted by Crippen LogP contribution is 2.38. The number of tetrazole rings is 1. The van der Waals surface area contributed by atoms with E-state index >= 15 is 0 Å². The molecule has 3 aromatic rings. The van der Waals surface area contributed by atoms with Gasteiger partial charge in [-0.05, 0) is 50.6 Å². The molecule has 10 heteroatoms. The molecule has 0 aliphatic carbocycles. The lowest BCUT2D eigenvalue weighted by molar-refractivity contribution is -0.0506. The second-order valence-corrected chi connectivity index (χ2v) is 7.58. The molecule has 0 saturated carbocycles. The largest absolute Gasteiger partial charge is 0.434 e. The van der Waals surface area contributed by atoms with Gasteiger partial charge in [-0.25, -0.2) is 0 Å². The average Bonchev–Trinajstić information content (AvgIpc) is 3.22. The summed E-state index contributed by atoms with van der Waals surface area (Å²) >= 11 is 4.98. The van der Waals surface area contributed by atoms with E-state index in [1.807, 2.05) is 18.2 Å². The number of para-hydroxylation sites is 1. The van der Waals surface area contributed by atoms with E-state index in [0.29, 0.717) is 11.5 Å². The first-order chi connectivity index (χ1) is 12.1. The van der Waals surface area contributed by atoms with Gasteiger partial charge >= 0.3 is 6.61 Å². The monoisotopic (exact) mass is 425 g/mol. The van der Waals surface area contributed by atoms with Crippen LogP contribution >= 0.6 is 27.3 Å². The first kappa shape index (κ1) is 16.2. The zero-order valence-corrected chi connectivity index (χ0v) is 14.8. The number of anilines is 1. The van der Waals surface area contributed by atoms with Gasteiger partial charge in [0.15, 0.2) is 0 Å². The molecule has 1 N–H and O–H groups in total. The van der Waals surface area contributed by atoms with Gasteiger partial charge in [0.1, 0.15) is 11.8 Å². The van der Waals surface area contributed by atoms with Gasteiger partial charge in [-0.3, -0.25) is 0 Å². The number of alkyl halides is 2. The number of halogens is 3. The number of nitrogens with zero attached hydrogens (tertiary/aromatic N) is 4. The number of thiophene rings is 1. The fourth-order valence-corrected chi connectivity index (χ4v) is 3.97. The number of benzene rings is 1. The first-order valence-electron chi connectivity index (χ1n) is 7.18. The Labute approximate surface area is 153 Å². The van der Waals surface area contributed by atoms with Crippen LogP contribution in [0.15, 0.2) is 46.3 Å². The third kappa shape index (κ3) is 3.14. The molecule has 4 rings (SSSR count). The fourth-order valence-electron chi connectivity index (χ4n) is 2.61. The maximum Gasteiger partial charge on any atom is 0.387 e. The second kappa shape index (κ2) is 6.52. The number of allylic oxidation sites excluding steroid dienone is 1. The molecule has 25 heavy (non-hydrogen) atoms. The number of aromatic nitrogens is 4. The number of hydrogen-bond acceptors (Lipinski definition) is 6. The third-order valence-electron chi connectivity index (χ3n) is 3.62. The lowest BCUT2D eigenvalue weighted by Crippen LogP contribution is -2.21. The van der Waals surface area contributed by atoms with E-state index in [-0.39, 0.29) is 5.75 Å². The predicted molar refractivity (Wildman–Crippen MR) is 92.6 cm³/mol. The van der Waals surface area contributed by atoms with Crippen LogP contribution in [-0.4, -0.2) is 26.8 Å². The molecule has 0 amide bonds. The summed E-state index contributed by atoms with van der Waals surface area (Å²) in [5.41, 5.74) is 1.35. The summed E-state index contributed by atoms with van der Waals surface area (Å²) in [6.07, 6.45) is 1.88. The molecule has 1 unspecified atom stereocenters. The van der Waals surface area contributed by atoms with Gasteiger partial charge in [-0.1, -0.05) is 23.3 Å². The van der Waals surface area contributed by atoms with Crippen molar-refractivity contribution >= 4 is 38.9 Å². The Morgan fingerprint density at radius 2 is 2.08 bits per heavy atom. The Balaban J connectivity index is 1.81. The minimum absolute atomic E-state index is 0.0915. The van der Waals surface area contributed by atoms with Crippen molar-refractivity contribution < 1.29 is 13.5 Å². The van der Waals surface area contributed by atoms with E-state index in [2.05, 4.69) is 41.5 Å². The number of hydrogen-bond donors (Lipinski definition) is 1. The van der Waals surface area contributed by atoms with Crippen molar-refractivity contribution in [3.63, 3.8) is 0 Å². The van der Waals surface area contributed by atoms with Crippen molar-refractivity contribution in [3.05, 3.63) is 56.7 Å². The Morgan fingerprint density at radius 3 is 2.84 bits per heavy atom. The van der Waals surface area contributed by atoms with Gasteiger partial charge in [-0.15, -0.1) is 11.3 Å². The van der Waals surface area contributed by atoms with Crippen LogP contribution in [0.25, 0.3) is 5.70 Å². The van der Waals surface area contributed by atoms with Gasteiger partial charge in [0.05, 0.1) is 14.4 Å². The van der Waals surface area contributed by atoms with Crippen LogP contribution in [0.2, 0.25) is 0 Å². The first-order valence-corrected chi connectivity index (χ1v) is 8.79. The van der Waals surface area contributed by atoms with Crippen molar-refractivity contribution in [2.24, 2.45) is 0 Å². The highest BCUT2D eigenvalue weighted by Gasteiger charge is 2.27. The van der Waals surface area contributed by atoms with Gasteiger partial charge in [0, 0.05) is 5.56 Å². The van der Waals surface area contributed by atoms with Crippen molar-refractivity contribution in [2.45, 2.75) is 12.7 Å². The molecule has 2 aromatic heterocycles. The summed E-state index contributed by atoms with van der Waals surface area (Å²) in [5, 5.41) is 14.8. The van der Waals surface area contributed by atoms with E-state index in [1.54, 1.807) is 29.5 Å². The second-order valence-electron chi connectivity index (χ2n) is 5.12. The highest BCUT2D eigenvalue weighted by molar-refractivity contribution is 9.11. The maximum absolute atomic E-state index is 12.7. The van der Waals surface area contributed by atoms with Crippen LogP contribution in [0.1, 0.15) is 16.5 Å². The van der Waals surface area contributed by atoms with Crippen molar-refractivity contribution in [2.75, 3.05) is 5.32 Å². The molecule has 3 heterocycles. The Kier molecular flexibility index (Phi) is 4.22. The SMILES string of the molecule is FC(F)Oc1ccccc1C1C=C(c2ccc(Br)s2)Nc2nnnn21. The quantitative estimate of drug-likeness (QED) is 0.679. The zero-order valence-electron chi connectivity index (χ0n) is 12.4. The molecule has 128 valence electrons. The van der Waals surface area contributed by atoms with Gasteiger partial charge < -0.3 is 10.1 Å². The van der Waals surface area contributed by atoms with Gasteiger partial charge in [-0.2, -0.15) is 13.5 Å². The van der Waals surface area contributed by atoms with Gasteiger partial charge in [0.2, 0.25) is 5.95 Å². The maximum atomic E-state index is 12.7. The summed E-state index contributed by atoms with van der Waals surface area (Å²) in [4.78, 5) is 0.971. The third-order valence-corrected chi connectivity index (χ3v) is 5.28. The summed E-state index contributed by atoms with van der Waals surface area (Å²) in [6.45, 7) is -2.91. The number of rotatable bonds is 4. The van der Waals surface area contributed by atoms with Crippen LogP contribution < -0.4 is 10.1 Å². The van der Waals surface area contributed by atoms with Crippen LogP contribution in [0, 0.1) is 0 Å². The minimum Gasteiger partial charge on any atom is -0.434 e. The van der Waals surface area contributed by atoms with E-state index < -0.39 is 12.7 Å². The Hall–Kier alpha value is -2.33. The van der Waals surface area contributed by atoms with Crippen molar-refractivity contribution in [1.82, 2.24) is 20.2 Å². The number of nitrogens with one attached hydrogen (secondary N) is 1. The molecule has 6 nitrogen and oxygen atoms in total. The minimum atomic E-state index is -2.91. The molecule has 1 aliphatic heterocycles. The topological polar surface area (TPSA) is 64.9 Å².